The lowest BCUT2D eigenvalue weighted by Crippen LogP contribution is -2.30. The molecule has 1 aromatic carbocycles. The van der Waals surface area contributed by atoms with Gasteiger partial charge in [-0.15, -0.1) is 11.3 Å². The molecule has 0 radical (unpaired) electrons. The molecule has 5 heteroatoms. The molecule has 2 heterocycles. The standard InChI is InChI=1S/C20H25NO3S/c1-3-12-24-17-10-9-15(14-18(17)23-4-2)20(22)21-11-5-7-16(21)19-8-6-13-25-19/h6,8-10,13-14,16H,3-5,7,11-12H2,1-2H3. The molecule has 2 aromatic rings. The Morgan fingerprint density at radius 3 is 2.84 bits per heavy atom. The van der Waals surface area contributed by atoms with Gasteiger partial charge >= 0.3 is 0 Å². The maximum Gasteiger partial charge on any atom is 0.254 e. The van der Waals surface area contributed by atoms with Crippen LogP contribution in [-0.4, -0.2) is 30.6 Å². The fourth-order valence-corrected chi connectivity index (χ4v) is 4.07. The number of carbonyl (C=O) groups excluding carboxylic acids is 1. The SMILES string of the molecule is CCCOc1ccc(C(=O)N2CCCC2c2cccs2)cc1OCC. The summed E-state index contributed by atoms with van der Waals surface area (Å²) in [4.78, 5) is 16.3. The maximum atomic E-state index is 13.1. The summed E-state index contributed by atoms with van der Waals surface area (Å²) in [5, 5.41) is 2.07. The minimum absolute atomic E-state index is 0.0684. The molecule has 1 aliphatic heterocycles. The predicted octanol–water partition coefficient (Wildman–Crippen LogP) is 4.91. The lowest BCUT2D eigenvalue weighted by Gasteiger charge is -2.24. The Morgan fingerprint density at radius 2 is 2.12 bits per heavy atom. The van der Waals surface area contributed by atoms with E-state index in [2.05, 4.69) is 18.4 Å². The van der Waals surface area contributed by atoms with Crippen molar-refractivity contribution in [2.75, 3.05) is 19.8 Å². The van der Waals surface area contributed by atoms with Crippen LogP contribution in [0.3, 0.4) is 0 Å². The van der Waals surface area contributed by atoms with E-state index in [-0.39, 0.29) is 11.9 Å². The van der Waals surface area contributed by atoms with Gasteiger partial charge in [-0.05, 0) is 55.8 Å². The van der Waals surface area contributed by atoms with E-state index in [0.29, 0.717) is 30.3 Å². The molecule has 0 N–H and O–H groups in total. The first-order chi connectivity index (χ1) is 12.2. The highest BCUT2D eigenvalue weighted by Gasteiger charge is 2.31. The summed E-state index contributed by atoms with van der Waals surface area (Å²) in [7, 11) is 0. The number of rotatable bonds is 7. The van der Waals surface area contributed by atoms with E-state index in [0.717, 1.165) is 25.8 Å². The van der Waals surface area contributed by atoms with Gasteiger partial charge in [-0.2, -0.15) is 0 Å². The van der Waals surface area contributed by atoms with Crippen molar-refractivity contribution in [2.24, 2.45) is 0 Å². The number of amides is 1. The van der Waals surface area contributed by atoms with Gasteiger partial charge in [0.2, 0.25) is 0 Å². The number of thiophene rings is 1. The van der Waals surface area contributed by atoms with E-state index >= 15 is 0 Å². The highest BCUT2D eigenvalue weighted by Crippen LogP contribution is 2.36. The average molecular weight is 359 g/mol. The van der Waals surface area contributed by atoms with Gasteiger partial charge in [-0.1, -0.05) is 13.0 Å². The van der Waals surface area contributed by atoms with E-state index in [1.807, 2.05) is 36.1 Å². The van der Waals surface area contributed by atoms with Crippen LogP contribution in [0, 0.1) is 0 Å². The molecule has 1 atom stereocenters. The van der Waals surface area contributed by atoms with Crippen molar-refractivity contribution in [3.63, 3.8) is 0 Å². The molecule has 1 unspecified atom stereocenters. The van der Waals surface area contributed by atoms with Crippen molar-refractivity contribution in [1.82, 2.24) is 4.90 Å². The third-order valence-corrected chi connectivity index (χ3v) is 5.31. The highest BCUT2D eigenvalue weighted by molar-refractivity contribution is 7.10. The Labute approximate surface area is 153 Å². The Balaban J connectivity index is 1.82. The van der Waals surface area contributed by atoms with Gasteiger partial charge in [0.1, 0.15) is 0 Å². The predicted molar refractivity (Wildman–Crippen MR) is 101 cm³/mol. The van der Waals surface area contributed by atoms with E-state index in [9.17, 15) is 4.79 Å². The fraction of sp³-hybridized carbons (Fsp3) is 0.450. The third kappa shape index (κ3) is 3.98. The van der Waals surface area contributed by atoms with E-state index in [1.54, 1.807) is 11.3 Å². The summed E-state index contributed by atoms with van der Waals surface area (Å²) in [6.07, 6.45) is 3.01. The van der Waals surface area contributed by atoms with E-state index < -0.39 is 0 Å². The van der Waals surface area contributed by atoms with E-state index in [4.69, 9.17) is 9.47 Å². The molecular weight excluding hydrogens is 334 g/mol. The van der Waals surface area contributed by atoms with Crippen LogP contribution in [0.2, 0.25) is 0 Å². The quantitative estimate of drug-likeness (QED) is 0.705. The van der Waals surface area contributed by atoms with Crippen LogP contribution in [0.1, 0.15) is 54.4 Å². The maximum absolute atomic E-state index is 13.1. The highest BCUT2D eigenvalue weighted by atomic mass is 32.1. The van der Waals surface area contributed by atoms with Crippen molar-refractivity contribution in [3.05, 3.63) is 46.2 Å². The van der Waals surface area contributed by atoms with Gasteiger partial charge in [0.25, 0.3) is 5.91 Å². The first kappa shape index (κ1) is 17.8. The summed E-state index contributed by atoms with van der Waals surface area (Å²) < 4.78 is 11.4. The molecule has 0 saturated carbocycles. The first-order valence-electron chi connectivity index (χ1n) is 8.98. The van der Waals surface area contributed by atoms with Crippen molar-refractivity contribution < 1.29 is 14.3 Å². The van der Waals surface area contributed by atoms with Crippen LogP contribution in [0.15, 0.2) is 35.7 Å². The Kier molecular flexibility index (Phi) is 5.97. The average Bonchev–Trinajstić information content (AvgIpc) is 3.31. The summed E-state index contributed by atoms with van der Waals surface area (Å²) in [5.74, 6) is 1.42. The fourth-order valence-electron chi connectivity index (χ4n) is 3.19. The molecule has 1 fully saturated rings. The first-order valence-corrected chi connectivity index (χ1v) is 9.86. The monoisotopic (exact) mass is 359 g/mol. The Bertz CT molecular complexity index is 699. The Hall–Kier alpha value is -2.01. The molecule has 1 amide bonds. The van der Waals surface area contributed by atoms with Crippen LogP contribution >= 0.6 is 11.3 Å². The second-order valence-corrected chi connectivity index (χ2v) is 7.09. The molecule has 0 spiro atoms. The number of nitrogens with zero attached hydrogens (tertiary/aromatic N) is 1. The van der Waals surface area contributed by atoms with Gasteiger partial charge in [0, 0.05) is 17.0 Å². The minimum atomic E-state index is 0.0684. The van der Waals surface area contributed by atoms with Crippen LogP contribution in [0.4, 0.5) is 0 Å². The van der Waals surface area contributed by atoms with Gasteiger partial charge in [-0.3, -0.25) is 4.79 Å². The zero-order chi connectivity index (χ0) is 17.6. The second kappa shape index (κ2) is 8.39. The number of benzene rings is 1. The van der Waals surface area contributed by atoms with Crippen LogP contribution in [0.25, 0.3) is 0 Å². The second-order valence-electron chi connectivity index (χ2n) is 6.11. The molecular formula is C20H25NO3S. The molecule has 25 heavy (non-hydrogen) atoms. The van der Waals surface area contributed by atoms with Gasteiger partial charge < -0.3 is 14.4 Å². The molecule has 134 valence electrons. The minimum Gasteiger partial charge on any atom is -0.490 e. The number of ether oxygens (including phenoxy) is 2. The zero-order valence-corrected chi connectivity index (χ0v) is 15.7. The van der Waals surface area contributed by atoms with Crippen molar-refractivity contribution >= 4 is 17.2 Å². The topological polar surface area (TPSA) is 38.8 Å². The summed E-state index contributed by atoms with van der Waals surface area (Å²) >= 11 is 1.72. The van der Waals surface area contributed by atoms with Crippen molar-refractivity contribution in [2.45, 2.75) is 39.2 Å². The number of carbonyl (C=O) groups is 1. The van der Waals surface area contributed by atoms with Crippen LogP contribution < -0.4 is 9.47 Å². The van der Waals surface area contributed by atoms with Crippen LogP contribution in [0.5, 0.6) is 11.5 Å². The molecule has 0 aliphatic carbocycles. The van der Waals surface area contributed by atoms with Gasteiger partial charge in [0.05, 0.1) is 19.3 Å². The van der Waals surface area contributed by atoms with Crippen molar-refractivity contribution in [3.8, 4) is 11.5 Å². The van der Waals surface area contributed by atoms with Gasteiger partial charge in [-0.25, -0.2) is 0 Å². The Morgan fingerprint density at radius 1 is 1.24 bits per heavy atom. The summed E-state index contributed by atoms with van der Waals surface area (Å²) in [6, 6.07) is 9.88. The van der Waals surface area contributed by atoms with E-state index in [1.165, 1.54) is 4.88 Å². The lowest BCUT2D eigenvalue weighted by molar-refractivity contribution is 0.0737. The largest absolute Gasteiger partial charge is 0.490 e. The molecule has 1 aromatic heterocycles. The number of hydrogen-bond donors (Lipinski definition) is 0. The summed E-state index contributed by atoms with van der Waals surface area (Å²) in [5.41, 5.74) is 0.663. The lowest BCUT2D eigenvalue weighted by atomic mass is 10.1. The van der Waals surface area contributed by atoms with Crippen molar-refractivity contribution in [1.29, 1.82) is 0 Å². The van der Waals surface area contributed by atoms with Crippen LogP contribution in [-0.2, 0) is 0 Å². The molecule has 3 rings (SSSR count). The van der Waals surface area contributed by atoms with Gasteiger partial charge in [0.15, 0.2) is 11.5 Å². The number of hydrogen-bond acceptors (Lipinski definition) is 4. The molecule has 1 aliphatic rings. The number of likely N-dealkylation sites (tertiary alicyclic amines) is 1. The molecule has 4 nitrogen and oxygen atoms in total. The zero-order valence-electron chi connectivity index (χ0n) is 14.9. The normalized spacial score (nSPS) is 16.9. The third-order valence-electron chi connectivity index (χ3n) is 4.34. The smallest absolute Gasteiger partial charge is 0.254 e. The molecule has 1 saturated heterocycles. The molecule has 0 bridgehead atoms. The summed E-state index contributed by atoms with van der Waals surface area (Å²) in [6.45, 7) is 5.99.